The van der Waals surface area contributed by atoms with E-state index in [1.54, 1.807) is 6.08 Å². The Bertz CT molecular complexity index is 726. The minimum atomic E-state index is -4.16. The number of hydrogen-bond donors (Lipinski definition) is 2. The molecule has 2 saturated heterocycles. The van der Waals surface area contributed by atoms with E-state index in [0.29, 0.717) is 6.42 Å². The number of imide groups is 1. The Hall–Kier alpha value is -1.80. The molecular weight excluding hydrogens is 365 g/mol. The summed E-state index contributed by atoms with van der Waals surface area (Å²) in [6.45, 7) is 3.43. The Morgan fingerprint density at radius 1 is 1.35 bits per heavy atom. The molecule has 2 N–H and O–H groups in total. The predicted molar refractivity (Wildman–Crippen MR) is 87.7 cm³/mol. The first-order valence-electron chi connectivity index (χ1n) is 8.28. The molecule has 0 aromatic rings. The molecule has 0 aromatic carbocycles. The zero-order valence-electron chi connectivity index (χ0n) is 13.9. The van der Waals surface area contributed by atoms with Crippen LogP contribution in [0.2, 0.25) is 0 Å². The number of ether oxygens (including phenoxy) is 2. The number of carbonyl (C=O) groups is 3. The number of likely N-dealkylation sites (tertiary alicyclic amines) is 1. The van der Waals surface area contributed by atoms with E-state index >= 15 is 0 Å². The summed E-state index contributed by atoms with van der Waals surface area (Å²) in [4.78, 5) is 55.1. The highest BCUT2D eigenvalue weighted by atomic mass is 31.2. The van der Waals surface area contributed by atoms with Crippen molar-refractivity contribution < 1.29 is 38.2 Å². The smallest absolute Gasteiger partial charge is 0.330 e. The lowest BCUT2D eigenvalue weighted by atomic mass is 9.80. The Kier molecular flexibility index (Phi) is 5.16. The highest BCUT2D eigenvalue weighted by Gasteiger charge is 2.62. The number of fused-ring (bicyclic) bond motifs is 5. The number of esters is 1. The molecule has 3 rings (SSSR count). The summed E-state index contributed by atoms with van der Waals surface area (Å²) < 4.78 is 21.6. The van der Waals surface area contributed by atoms with Gasteiger partial charge in [0.2, 0.25) is 11.8 Å². The second-order valence-corrected chi connectivity index (χ2v) is 8.28. The van der Waals surface area contributed by atoms with Gasteiger partial charge in [0, 0.05) is 19.0 Å². The van der Waals surface area contributed by atoms with E-state index in [4.69, 9.17) is 19.3 Å². The van der Waals surface area contributed by atoms with Gasteiger partial charge in [-0.3, -0.25) is 19.1 Å². The highest BCUT2D eigenvalue weighted by molar-refractivity contribution is 7.51. The fourth-order valence-electron chi connectivity index (χ4n) is 3.75. The number of amides is 2. The molecule has 4 atom stereocenters. The molecule has 4 unspecified atom stereocenters. The molecule has 0 saturated carbocycles. The van der Waals surface area contributed by atoms with Gasteiger partial charge in [-0.2, -0.15) is 0 Å². The molecule has 10 heteroatoms. The minimum absolute atomic E-state index is 0.0124. The van der Waals surface area contributed by atoms with Crippen molar-refractivity contribution >= 4 is 25.4 Å². The average molecular weight is 385 g/mol. The number of nitrogens with zero attached hydrogens (tertiary/aromatic N) is 1. The third kappa shape index (κ3) is 3.53. The summed E-state index contributed by atoms with van der Waals surface area (Å²) in [7, 11) is -4.16. The lowest BCUT2D eigenvalue weighted by Gasteiger charge is -2.19. The maximum atomic E-state index is 12.6. The molecular formula is C16H20NO8P. The lowest BCUT2D eigenvalue weighted by molar-refractivity contribution is -0.143. The third-order valence-electron chi connectivity index (χ3n) is 4.85. The van der Waals surface area contributed by atoms with Crippen LogP contribution in [0.4, 0.5) is 0 Å². The summed E-state index contributed by atoms with van der Waals surface area (Å²) in [6, 6.07) is 0. The van der Waals surface area contributed by atoms with Crippen molar-refractivity contribution in [2.75, 3.05) is 19.3 Å². The van der Waals surface area contributed by atoms with Crippen molar-refractivity contribution in [1.82, 2.24) is 4.90 Å². The average Bonchev–Trinajstić information content (AvgIpc) is 3.20. The second kappa shape index (κ2) is 7.08. The van der Waals surface area contributed by atoms with Crippen LogP contribution in [0.1, 0.15) is 12.8 Å². The monoisotopic (exact) mass is 385 g/mol. The summed E-state index contributed by atoms with van der Waals surface area (Å²) in [6.07, 6.45) is 1.95. The third-order valence-corrected chi connectivity index (χ3v) is 5.75. The normalized spacial score (nSPS) is 29.8. The van der Waals surface area contributed by atoms with Crippen LogP contribution in [0.5, 0.6) is 0 Å². The summed E-state index contributed by atoms with van der Waals surface area (Å²) in [5, 5.41) is 0. The Balaban J connectivity index is 1.61. The van der Waals surface area contributed by atoms with Crippen molar-refractivity contribution in [1.29, 1.82) is 0 Å². The van der Waals surface area contributed by atoms with Crippen LogP contribution in [0, 0.1) is 11.8 Å². The van der Waals surface area contributed by atoms with Crippen LogP contribution in [0.3, 0.4) is 0 Å². The van der Waals surface area contributed by atoms with Gasteiger partial charge in [-0.15, -0.1) is 0 Å². The Morgan fingerprint density at radius 2 is 2.04 bits per heavy atom. The second-order valence-electron chi connectivity index (χ2n) is 6.51. The zero-order valence-corrected chi connectivity index (χ0v) is 14.8. The molecule has 3 heterocycles. The first-order chi connectivity index (χ1) is 12.2. The van der Waals surface area contributed by atoms with Gasteiger partial charge in [0.1, 0.15) is 0 Å². The van der Waals surface area contributed by atoms with Gasteiger partial charge in [0.25, 0.3) is 0 Å². The van der Waals surface area contributed by atoms with Gasteiger partial charge < -0.3 is 19.3 Å². The quantitative estimate of drug-likeness (QED) is 0.196. The van der Waals surface area contributed by atoms with Crippen LogP contribution in [-0.2, 0) is 28.4 Å². The molecule has 26 heavy (non-hydrogen) atoms. The molecule has 0 radical (unpaired) electrons. The molecule has 142 valence electrons. The van der Waals surface area contributed by atoms with E-state index in [2.05, 4.69) is 6.58 Å². The van der Waals surface area contributed by atoms with E-state index in [0.717, 1.165) is 16.5 Å². The van der Waals surface area contributed by atoms with Gasteiger partial charge in [0.15, 0.2) is 0 Å². The molecule has 3 aliphatic rings. The van der Waals surface area contributed by atoms with E-state index in [1.165, 1.54) is 0 Å². The van der Waals surface area contributed by atoms with Gasteiger partial charge >= 0.3 is 13.6 Å². The topological polar surface area (TPSA) is 130 Å². The first kappa shape index (κ1) is 19.0. The van der Waals surface area contributed by atoms with Crippen molar-refractivity contribution in [3.63, 3.8) is 0 Å². The van der Waals surface area contributed by atoms with Crippen molar-refractivity contribution in [2.24, 2.45) is 11.8 Å². The molecule has 0 aromatic heterocycles. The molecule has 9 nitrogen and oxygen atoms in total. The van der Waals surface area contributed by atoms with E-state index in [1.807, 2.05) is 0 Å². The van der Waals surface area contributed by atoms with Crippen molar-refractivity contribution in [3.05, 3.63) is 24.3 Å². The highest BCUT2D eigenvalue weighted by Crippen LogP contribution is 2.49. The van der Waals surface area contributed by atoms with Gasteiger partial charge in [-0.05, 0) is 12.0 Å². The van der Waals surface area contributed by atoms with Crippen LogP contribution in [-0.4, -0.2) is 64.0 Å². The predicted octanol–water partition coefficient (Wildman–Crippen LogP) is -0.0179. The number of hydrogen-bond acceptors (Lipinski definition) is 6. The summed E-state index contributed by atoms with van der Waals surface area (Å²) in [5.41, 5.74) is 0.825. The lowest BCUT2D eigenvalue weighted by Crippen LogP contribution is -2.35. The fourth-order valence-corrected chi connectivity index (χ4v) is 4.31. The van der Waals surface area contributed by atoms with Crippen molar-refractivity contribution in [2.45, 2.75) is 25.0 Å². The fraction of sp³-hybridized carbons (Fsp3) is 0.562. The molecule has 3 aliphatic heterocycles. The van der Waals surface area contributed by atoms with Gasteiger partial charge in [-0.25, -0.2) is 4.79 Å². The number of carbonyl (C=O) groups excluding carboxylic acids is 3. The summed E-state index contributed by atoms with van der Waals surface area (Å²) >= 11 is 0. The molecule has 2 amide bonds. The Labute approximate surface area is 149 Å². The Morgan fingerprint density at radius 3 is 2.69 bits per heavy atom. The van der Waals surface area contributed by atoms with E-state index < -0.39 is 37.6 Å². The van der Waals surface area contributed by atoms with Gasteiger partial charge in [0.05, 0.1) is 36.8 Å². The largest absolute Gasteiger partial charge is 0.462 e. The standard InChI is InChI=1S/C16H20NO8P/c1-2-11(18)24-6-4-9-8-10-12-13(14(9)25-10)16(20)17(15(12)19)5-3-7-26(21,22)23/h2,8,10,12-14H,1,3-7H2,(H2,21,22,23). The minimum Gasteiger partial charge on any atom is -0.462 e. The van der Waals surface area contributed by atoms with E-state index in [-0.39, 0.29) is 37.5 Å². The molecule has 2 fully saturated rings. The maximum Gasteiger partial charge on any atom is 0.330 e. The van der Waals surface area contributed by atoms with E-state index in [9.17, 15) is 18.9 Å². The molecule has 0 spiro atoms. The van der Waals surface area contributed by atoms with Crippen molar-refractivity contribution in [3.8, 4) is 0 Å². The van der Waals surface area contributed by atoms with Crippen LogP contribution < -0.4 is 0 Å². The SMILES string of the molecule is C=CC(=O)OCCC1=CC2OC1C1C(=O)N(CCCP(=O)(O)O)C(=O)C21. The molecule has 2 bridgehead atoms. The summed E-state index contributed by atoms with van der Waals surface area (Å²) in [5.74, 6) is -2.45. The molecule has 0 aliphatic carbocycles. The maximum absolute atomic E-state index is 12.6. The van der Waals surface area contributed by atoms with Crippen LogP contribution >= 0.6 is 7.60 Å². The van der Waals surface area contributed by atoms with Crippen LogP contribution in [0.15, 0.2) is 24.3 Å². The zero-order chi connectivity index (χ0) is 19.1. The van der Waals surface area contributed by atoms with Gasteiger partial charge in [-0.1, -0.05) is 12.7 Å². The van der Waals surface area contributed by atoms with Crippen LogP contribution in [0.25, 0.3) is 0 Å². The first-order valence-corrected chi connectivity index (χ1v) is 10.1. The number of rotatable bonds is 8.